The molecule has 1 unspecified atom stereocenters. The molecule has 0 saturated carbocycles. The quantitative estimate of drug-likeness (QED) is 0.723. The monoisotopic (exact) mass is 254 g/mol. The van der Waals surface area contributed by atoms with Crippen molar-refractivity contribution in [2.75, 3.05) is 0 Å². The van der Waals surface area contributed by atoms with Crippen LogP contribution in [0.3, 0.4) is 0 Å². The van der Waals surface area contributed by atoms with Crippen LogP contribution in [-0.4, -0.2) is 5.11 Å². The van der Waals surface area contributed by atoms with Gasteiger partial charge in [0.25, 0.3) is 0 Å². The summed E-state index contributed by atoms with van der Waals surface area (Å²) in [5, 5.41) is 14.8. The first-order valence-corrected chi connectivity index (χ1v) is 6.84. The van der Waals surface area contributed by atoms with E-state index in [4.69, 9.17) is 0 Å². The highest BCUT2D eigenvalue weighted by atomic mass is 32.1. The summed E-state index contributed by atoms with van der Waals surface area (Å²) in [4.78, 5) is 1.03. The number of hydrogen-bond donors (Lipinski definition) is 1. The Balaban J connectivity index is 2.07. The normalized spacial score (nSPS) is 12.8. The van der Waals surface area contributed by atoms with Crippen molar-refractivity contribution in [3.05, 3.63) is 69.9 Å². The lowest BCUT2D eigenvalue weighted by Crippen LogP contribution is -1.98. The van der Waals surface area contributed by atoms with Crippen LogP contribution >= 0.6 is 11.3 Å². The molecule has 0 aliphatic carbocycles. The Morgan fingerprint density at radius 1 is 1.00 bits per heavy atom. The van der Waals surface area contributed by atoms with Gasteiger partial charge in [-0.3, -0.25) is 0 Å². The van der Waals surface area contributed by atoms with Gasteiger partial charge in [0.1, 0.15) is 6.10 Å². The second kappa shape index (κ2) is 4.56. The predicted octanol–water partition coefficient (Wildman–Crippen LogP) is 4.29. The van der Waals surface area contributed by atoms with Crippen LogP contribution in [-0.2, 0) is 0 Å². The molecule has 0 saturated heterocycles. The zero-order valence-corrected chi connectivity index (χ0v) is 10.9. The van der Waals surface area contributed by atoms with Gasteiger partial charge < -0.3 is 5.11 Å². The van der Waals surface area contributed by atoms with E-state index < -0.39 is 6.10 Å². The van der Waals surface area contributed by atoms with Gasteiger partial charge in [0, 0.05) is 4.88 Å². The molecule has 0 aliphatic heterocycles. The highest BCUT2D eigenvalue weighted by Crippen LogP contribution is 2.30. The molecule has 3 aromatic rings. The molecule has 1 N–H and O–H groups in total. The molecular formula is C16H14OS. The number of aryl methyl sites for hydroxylation is 1. The molecule has 90 valence electrons. The molecule has 0 radical (unpaired) electrons. The minimum atomic E-state index is -0.519. The fourth-order valence-electron chi connectivity index (χ4n) is 2.19. The number of rotatable bonds is 2. The van der Waals surface area contributed by atoms with Crippen LogP contribution in [0.5, 0.6) is 0 Å². The highest BCUT2D eigenvalue weighted by Gasteiger charge is 2.14. The molecule has 18 heavy (non-hydrogen) atoms. The fraction of sp³-hybridized carbons (Fsp3) is 0.125. The molecule has 0 fully saturated rings. The van der Waals surface area contributed by atoms with Crippen molar-refractivity contribution in [3.8, 4) is 0 Å². The van der Waals surface area contributed by atoms with Gasteiger partial charge in [0.2, 0.25) is 0 Å². The van der Waals surface area contributed by atoms with E-state index >= 15 is 0 Å². The van der Waals surface area contributed by atoms with Crippen molar-refractivity contribution in [3.63, 3.8) is 0 Å². The zero-order valence-electron chi connectivity index (χ0n) is 10.1. The topological polar surface area (TPSA) is 20.2 Å². The lowest BCUT2D eigenvalue weighted by Gasteiger charge is -2.11. The molecule has 0 bridgehead atoms. The van der Waals surface area contributed by atoms with Crippen LogP contribution in [0.4, 0.5) is 0 Å². The Bertz CT molecular complexity index is 684. The number of hydrogen-bond acceptors (Lipinski definition) is 2. The van der Waals surface area contributed by atoms with Gasteiger partial charge in [-0.25, -0.2) is 0 Å². The summed E-state index contributed by atoms with van der Waals surface area (Å²) in [5.41, 5.74) is 2.11. The average Bonchev–Trinajstić information content (AvgIpc) is 2.83. The van der Waals surface area contributed by atoms with Gasteiger partial charge in [0.05, 0.1) is 0 Å². The van der Waals surface area contributed by atoms with Crippen LogP contribution in [0.2, 0.25) is 0 Å². The van der Waals surface area contributed by atoms with E-state index in [2.05, 4.69) is 24.3 Å². The minimum absolute atomic E-state index is 0.519. The Hall–Kier alpha value is -1.64. The Labute approximate surface area is 110 Å². The summed E-state index contributed by atoms with van der Waals surface area (Å²) >= 11 is 1.61. The van der Waals surface area contributed by atoms with Gasteiger partial charge in [-0.1, -0.05) is 36.4 Å². The SMILES string of the molecule is Cc1ccsc1C(O)c1ccc2ccccc2c1. The van der Waals surface area contributed by atoms with Crippen molar-refractivity contribution in [1.82, 2.24) is 0 Å². The summed E-state index contributed by atoms with van der Waals surface area (Å²) in [6.45, 7) is 2.04. The van der Waals surface area contributed by atoms with E-state index in [0.717, 1.165) is 16.0 Å². The standard InChI is InChI=1S/C16H14OS/c1-11-8-9-18-16(11)15(17)14-7-6-12-4-2-3-5-13(12)10-14/h2-10,15,17H,1H3. The van der Waals surface area contributed by atoms with E-state index in [1.54, 1.807) is 11.3 Å². The Kier molecular flexibility index (Phi) is 2.90. The van der Waals surface area contributed by atoms with E-state index in [-0.39, 0.29) is 0 Å². The summed E-state index contributed by atoms with van der Waals surface area (Å²) in [6.07, 6.45) is -0.519. The van der Waals surface area contributed by atoms with Gasteiger partial charge >= 0.3 is 0 Å². The zero-order chi connectivity index (χ0) is 12.5. The number of benzene rings is 2. The summed E-state index contributed by atoms with van der Waals surface area (Å²) in [7, 11) is 0. The number of aliphatic hydroxyl groups excluding tert-OH is 1. The fourth-order valence-corrected chi connectivity index (χ4v) is 3.13. The maximum absolute atomic E-state index is 10.4. The molecule has 0 amide bonds. The van der Waals surface area contributed by atoms with E-state index in [1.165, 1.54) is 10.8 Å². The van der Waals surface area contributed by atoms with Crippen LogP contribution in [0.25, 0.3) is 10.8 Å². The van der Waals surface area contributed by atoms with Crippen LogP contribution < -0.4 is 0 Å². The van der Waals surface area contributed by atoms with Crippen molar-refractivity contribution < 1.29 is 5.11 Å². The summed E-state index contributed by atoms with van der Waals surface area (Å²) in [5.74, 6) is 0. The number of thiophene rings is 1. The van der Waals surface area contributed by atoms with Crippen LogP contribution in [0.1, 0.15) is 22.1 Å². The molecule has 0 spiro atoms. The van der Waals surface area contributed by atoms with Crippen LogP contribution in [0.15, 0.2) is 53.9 Å². The van der Waals surface area contributed by atoms with Crippen molar-refractivity contribution in [2.24, 2.45) is 0 Å². The third-order valence-corrected chi connectivity index (χ3v) is 4.31. The first kappa shape index (κ1) is 11.5. The number of fused-ring (bicyclic) bond motifs is 1. The molecule has 1 heterocycles. The third kappa shape index (κ3) is 1.94. The largest absolute Gasteiger partial charge is 0.383 e. The van der Waals surface area contributed by atoms with E-state index in [1.807, 2.05) is 36.6 Å². The van der Waals surface area contributed by atoms with Gasteiger partial charge in [-0.2, -0.15) is 0 Å². The Morgan fingerprint density at radius 2 is 1.78 bits per heavy atom. The maximum atomic E-state index is 10.4. The third-order valence-electron chi connectivity index (χ3n) is 3.24. The minimum Gasteiger partial charge on any atom is -0.383 e. The summed E-state index contributed by atoms with van der Waals surface area (Å²) in [6, 6.07) is 16.4. The van der Waals surface area contributed by atoms with E-state index in [0.29, 0.717) is 0 Å². The lowest BCUT2D eigenvalue weighted by molar-refractivity contribution is 0.223. The summed E-state index contributed by atoms with van der Waals surface area (Å²) < 4.78 is 0. The highest BCUT2D eigenvalue weighted by molar-refractivity contribution is 7.10. The first-order chi connectivity index (χ1) is 8.75. The van der Waals surface area contributed by atoms with Crippen LogP contribution in [0, 0.1) is 6.92 Å². The van der Waals surface area contributed by atoms with Gasteiger partial charge in [-0.15, -0.1) is 11.3 Å². The molecule has 3 rings (SSSR count). The molecule has 1 aromatic heterocycles. The van der Waals surface area contributed by atoms with E-state index in [9.17, 15) is 5.11 Å². The molecule has 1 nitrogen and oxygen atoms in total. The lowest BCUT2D eigenvalue weighted by atomic mass is 10.0. The average molecular weight is 254 g/mol. The van der Waals surface area contributed by atoms with Crippen molar-refractivity contribution in [1.29, 1.82) is 0 Å². The van der Waals surface area contributed by atoms with Gasteiger partial charge in [0.15, 0.2) is 0 Å². The molecule has 2 heteroatoms. The number of aliphatic hydroxyl groups is 1. The van der Waals surface area contributed by atoms with Crippen molar-refractivity contribution >= 4 is 22.1 Å². The molecular weight excluding hydrogens is 240 g/mol. The smallest absolute Gasteiger partial charge is 0.113 e. The molecule has 0 aliphatic rings. The second-order valence-electron chi connectivity index (χ2n) is 4.48. The molecule has 1 atom stereocenters. The maximum Gasteiger partial charge on any atom is 0.113 e. The molecule has 2 aromatic carbocycles. The van der Waals surface area contributed by atoms with Gasteiger partial charge in [-0.05, 0) is 46.3 Å². The predicted molar refractivity (Wildman–Crippen MR) is 77.1 cm³/mol. The first-order valence-electron chi connectivity index (χ1n) is 5.96. The van der Waals surface area contributed by atoms with Crippen molar-refractivity contribution in [2.45, 2.75) is 13.0 Å². The Morgan fingerprint density at radius 3 is 2.50 bits per heavy atom. The second-order valence-corrected chi connectivity index (χ2v) is 5.42.